The SMILES string of the molecule is O=c1[nH]c(CCOCc2ccccc2)nc2cc(-c3ncccc3C(F)(F)F)ccc12. The molecule has 0 fully saturated rings. The van der Waals surface area contributed by atoms with Gasteiger partial charge in [-0.1, -0.05) is 36.4 Å². The highest BCUT2D eigenvalue weighted by Crippen LogP contribution is 2.36. The smallest absolute Gasteiger partial charge is 0.376 e. The van der Waals surface area contributed by atoms with Crippen LogP contribution < -0.4 is 5.56 Å². The first-order valence-electron chi connectivity index (χ1n) is 9.59. The summed E-state index contributed by atoms with van der Waals surface area (Å²) in [6.07, 6.45) is -2.88. The molecule has 0 saturated carbocycles. The van der Waals surface area contributed by atoms with Gasteiger partial charge >= 0.3 is 6.18 Å². The van der Waals surface area contributed by atoms with Crippen LogP contribution in [0.2, 0.25) is 0 Å². The standard InChI is InChI=1S/C23H18F3N3O2/c24-23(25,26)18-7-4-11-27-21(18)16-8-9-17-19(13-16)28-20(29-22(17)30)10-12-31-14-15-5-2-1-3-6-15/h1-9,11,13H,10,12,14H2,(H,28,29,30). The number of nitrogens with one attached hydrogen (secondary N) is 1. The second-order valence-corrected chi connectivity index (χ2v) is 6.93. The maximum Gasteiger partial charge on any atom is 0.418 e. The number of pyridine rings is 1. The van der Waals surface area contributed by atoms with E-state index in [-0.39, 0.29) is 16.8 Å². The fourth-order valence-electron chi connectivity index (χ4n) is 3.25. The van der Waals surface area contributed by atoms with Crippen LogP contribution in [0.3, 0.4) is 0 Å². The first-order chi connectivity index (χ1) is 14.9. The molecule has 0 atom stereocenters. The average Bonchev–Trinajstić information content (AvgIpc) is 2.76. The third-order valence-corrected chi connectivity index (χ3v) is 4.74. The molecule has 0 aliphatic carbocycles. The number of fused-ring (bicyclic) bond motifs is 1. The Balaban J connectivity index is 1.58. The van der Waals surface area contributed by atoms with Gasteiger partial charge in [0.05, 0.1) is 35.4 Å². The molecule has 2 aromatic heterocycles. The molecule has 0 aliphatic heterocycles. The Kier molecular flexibility index (Phi) is 5.81. The van der Waals surface area contributed by atoms with Crippen molar-refractivity contribution in [3.63, 3.8) is 0 Å². The number of aromatic nitrogens is 3. The monoisotopic (exact) mass is 425 g/mol. The number of benzene rings is 2. The van der Waals surface area contributed by atoms with Gasteiger partial charge in [0.15, 0.2) is 0 Å². The molecule has 4 aromatic rings. The minimum atomic E-state index is -4.54. The molecule has 0 aliphatic rings. The lowest BCUT2D eigenvalue weighted by atomic mass is 10.0. The quantitative estimate of drug-likeness (QED) is 0.452. The highest BCUT2D eigenvalue weighted by atomic mass is 19.4. The van der Waals surface area contributed by atoms with Gasteiger partial charge in [0.25, 0.3) is 5.56 Å². The zero-order valence-corrected chi connectivity index (χ0v) is 16.3. The highest BCUT2D eigenvalue weighted by Gasteiger charge is 2.34. The lowest BCUT2D eigenvalue weighted by Crippen LogP contribution is -2.14. The van der Waals surface area contributed by atoms with Gasteiger partial charge in [-0.05, 0) is 29.8 Å². The van der Waals surface area contributed by atoms with Gasteiger partial charge in [0, 0.05) is 18.2 Å². The summed E-state index contributed by atoms with van der Waals surface area (Å²) in [5, 5.41) is 0.294. The van der Waals surface area contributed by atoms with Gasteiger partial charge in [-0.3, -0.25) is 9.78 Å². The highest BCUT2D eigenvalue weighted by molar-refractivity contribution is 5.83. The van der Waals surface area contributed by atoms with Crippen molar-refractivity contribution < 1.29 is 17.9 Å². The van der Waals surface area contributed by atoms with Crippen LogP contribution in [0.25, 0.3) is 22.2 Å². The van der Waals surface area contributed by atoms with Crippen LogP contribution >= 0.6 is 0 Å². The molecule has 2 aromatic carbocycles. The van der Waals surface area contributed by atoms with Gasteiger partial charge in [-0.15, -0.1) is 0 Å². The Morgan fingerprint density at radius 1 is 1.00 bits per heavy atom. The normalized spacial score (nSPS) is 11.7. The van der Waals surface area contributed by atoms with E-state index in [1.54, 1.807) is 0 Å². The number of H-pyrrole nitrogens is 1. The van der Waals surface area contributed by atoms with E-state index in [9.17, 15) is 18.0 Å². The summed E-state index contributed by atoms with van der Waals surface area (Å²) in [7, 11) is 0. The number of halogens is 3. The molecule has 0 amide bonds. The van der Waals surface area contributed by atoms with Crippen molar-refractivity contribution in [3.05, 3.63) is 94.2 Å². The van der Waals surface area contributed by atoms with Gasteiger partial charge in [0.1, 0.15) is 5.82 Å². The number of nitrogens with zero attached hydrogens (tertiary/aromatic N) is 2. The van der Waals surface area contributed by atoms with Crippen molar-refractivity contribution >= 4 is 10.9 Å². The third-order valence-electron chi connectivity index (χ3n) is 4.74. The Labute approximate surface area is 175 Å². The molecule has 8 heteroatoms. The minimum Gasteiger partial charge on any atom is -0.376 e. The van der Waals surface area contributed by atoms with Crippen LogP contribution in [-0.4, -0.2) is 21.6 Å². The molecule has 4 rings (SSSR count). The second-order valence-electron chi connectivity index (χ2n) is 6.93. The molecule has 0 saturated heterocycles. The van der Waals surface area contributed by atoms with Gasteiger partial charge < -0.3 is 9.72 Å². The van der Waals surface area contributed by atoms with Crippen molar-refractivity contribution in [3.8, 4) is 11.3 Å². The maximum atomic E-state index is 13.3. The first kappa shape index (κ1) is 20.7. The van der Waals surface area contributed by atoms with Crippen LogP contribution in [0, 0.1) is 0 Å². The van der Waals surface area contributed by atoms with Gasteiger partial charge in [-0.25, -0.2) is 4.98 Å². The fraction of sp³-hybridized carbons (Fsp3) is 0.174. The number of aromatic amines is 1. The predicted molar refractivity (Wildman–Crippen MR) is 110 cm³/mol. The lowest BCUT2D eigenvalue weighted by molar-refractivity contribution is -0.137. The fourth-order valence-corrected chi connectivity index (χ4v) is 3.25. The summed E-state index contributed by atoms with van der Waals surface area (Å²) >= 11 is 0. The number of hydrogen-bond donors (Lipinski definition) is 1. The summed E-state index contributed by atoms with van der Waals surface area (Å²) in [5.74, 6) is 0.403. The van der Waals surface area contributed by atoms with Gasteiger partial charge in [-0.2, -0.15) is 13.2 Å². The van der Waals surface area contributed by atoms with Crippen molar-refractivity contribution in [1.29, 1.82) is 0 Å². The van der Waals surface area contributed by atoms with E-state index < -0.39 is 11.7 Å². The number of rotatable bonds is 6. The van der Waals surface area contributed by atoms with E-state index in [4.69, 9.17) is 4.74 Å². The van der Waals surface area contributed by atoms with Crippen molar-refractivity contribution in [2.45, 2.75) is 19.2 Å². The van der Waals surface area contributed by atoms with Crippen molar-refractivity contribution in [2.24, 2.45) is 0 Å². The summed E-state index contributed by atoms with van der Waals surface area (Å²) < 4.78 is 45.7. The summed E-state index contributed by atoms with van der Waals surface area (Å²) in [6.45, 7) is 0.768. The van der Waals surface area contributed by atoms with E-state index in [2.05, 4.69) is 15.0 Å². The summed E-state index contributed by atoms with van der Waals surface area (Å²) in [6, 6.07) is 16.2. The number of ether oxygens (including phenoxy) is 1. The predicted octanol–water partition coefficient (Wildman–Crippen LogP) is 4.76. The number of alkyl halides is 3. The zero-order valence-electron chi connectivity index (χ0n) is 16.3. The molecule has 1 N–H and O–H groups in total. The van der Waals surface area contributed by atoms with E-state index in [0.717, 1.165) is 11.6 Å². The van der Waals surface area contributed by atoms with Crippen LogP contribution in [0.15, 0.2) is 71.7 Å². The molecule has 2 heterocycles. The van der Waals surface area contributed by atoms with Crippen LogP contribution in [0.1, 0.15) is 17.0 Å². The Hall–Kier alpha value is -3.52. The van der Waals surface area contributed by atoms with E-state index in [1.165, 1.54) is 30.5 Å². The lowest BCUT2D eigenvalue weighted by Gasteiger charge is -2.12. The van der Waals surface area contributed by atoms with E-state index in [0.29, 0.717) is 36.4 Å². The molecule has 0 unspecified atom stereocenters. The first-order valence-corrected chi connectivity index (χ1v) is 9.59. The summed E-state index contributed by atoms with van der Waals surface area (Å²) in [5.41, 5.74) is 0.179. The maximum absolute atomic E-state index is 13.3. The Morgan fingerprint density at radius 2 is 1.81 bits per heavy atom. The molecular formula is C23H18F3N3O2. The Bertz CT molecular complexity index is 1250. The molecular weight excluding hydrogens is 407 g/mol. The minimum absolute atomic E-state index is 0.202. The third kappa shape index (κ3) is 4.80. The zero-order chi connectivity index (χ0) is 21.8. The van der Waals surface area contributed by atoms with E-state index >= 15 is 0 Å². The summed E-state index contributed by atoms with van der Waals surface area (Å²) in [4.78, 5) is 23.4. The molecule has 0 radical (unpaired) electrons. The molecule has 158 valence electrons. The van der Waals surface area contributed by atoms with Gasteiger partial charge in [0.2, 0.25) is 0 Å². The van der Waals surface area contributed by atoms with E-state index in [1.807, 2.05) is 30.3 Å². The topological polar surface area (TPSA) is 67.9 Å². The largest absolute Gasteiger partial charge is 0.418 e. The van der Waals surface area contributed by atoms with Crippen molar-refractivity contribution in [1.82, 2.24) is 15.0 Å². The van der Waals surface area contributed by atoms with Crippen LogP contribution in [0.4, 0.5) is 13.2 Å². The molecule has 0 bridgehead atoms. The average molecular weight is 425 g/mol. The Morgan fingerprint density at radius 3 is 2.58 bits per heavy atom. The second kappa shape index (κ2) is 8.69. The van der Waals surface area contributed by atoms with Crippen molar-refractivity contribution in [2.75, 3.05) is 6.61 Å². The van der Waals surface area contributed by atoms with Crippen LogP contribution in [0.5, 0.6) is 0 Å². The van der Waals surface area contributed by atoms with Crippen LogP contribution in [-0.2, 0) is 23.9 Å². The molecule has 31 heavy (non-hydrogen) atoms. The molecule has 0 spiro atoms. The molecule has 5 nitrogen and oxygen atoms in total. The number of hydrogen-bond acceptors (Lipinski definition) is 4.